The Morgan fingerprint density at radius 3 is 2.38 bits per heavy atom. The molecule has 0 radical (unpaired) electrons. The van der Waals surface area contributed by atoms with Crippen LogP contribution >= 0.6 is 0 Å². The first kappa shape index (κ1) is 16.5. The summed E-state index contributed by atoms with van der Waals surface area (Å²) in [5.74, 6) is 1.14. The summed E-state index contributed by atoms with van der Waals surface area (Å²) in [5.41, 5.74) is 0.592. The lowest BCUT2D eigenvalue weighted by Gasteiger charge is -2.28. The molecule has 1 aromatic carbocycles. The number of nitrogens with one attached hydrogen (secondary N) is 1. The molecular formula is C16H17F3N4O. The zero-order chi connectivity index (χ0) is 17.2. The number of hydrogen-bond acceptors (Lipinski definition) is 5. The van der Waals surface area contributed by atoms with Gasteiger partial charge < -0.3 is 15.0 Å². The van der Waals surface area contributed by atoms with Gasteiger partial charge in [0.2, 0.25) is 5.95 Å². The van der Waals surface area contributed by atoms with Crippen molar-refractivity contribution in [2.75, 3.05) is 36.5 Å². The van der Waals surface area contributed by atoms with E-state index in [1.165, 1.54) is 12.1 Å². The molecule has 2 aromatic rings. The molecular weight excluding hydrogens is 321 g/mol. The highest BCUT2D eigenvalue weighted by molar-refractivity contribution is 5.56. The van der Waals surface area contributed by atoms with Crippen LogP contribution in [0.5, 0.6) is 0 Å². The molecule has 1 aliphatic heterocycles. The summed E-state index contributed by atoms with van der Waals surface area (Å²) in [5, 5.41) is 2.96. The van der Waals surface area contributed by atoms with E-state index in [9.17, 15) is 13.2 Å². The third kappa shape index (κ3) is 3.94. The minimum absolute atomic E-state index is 0.358. The Morgan fingerprint density at radius 2 is 1.75 bits per heavy atom. The summed E-state index contributed by atoms with van der Waals surface area (Å²) in [6, 6.07) is 6.66. The number of halogens is 3. The molecule has 1 N–H and O–H groups in total. The van der Waals surface area contributed by atoms with E-state index < -0.39 is 11.7 Å². The SMILES string of the molecule is Cc1cc(N2CCOCC2)nc(Nc2ccc(C(F)(F)F)cc2)n1. The first-order chi connectivity index (χ1) is 11.4. The molecule has 0 spiro atoms. The summed E-state index contributed by atoms with van der Waals surface area (Å²) >= 11 is 0. The first-order valence-corrected chi connectivity index (χ1v) is 7.54. The number of ether oxygens (including phenoxy) is 1. The maximum atomic E-state index is 12.6. The van der Waals surface area contributed by atoms with E-state index in [2.05, 4.69) is 20.2 Å². The van der Waals surface area contributed by atoms with Crippen molar-refractivity contribution in [3.05, 3.63) is 41.6 Å². The van der Waals surface area contributed by atoms with Crippen LogP contribution in [-0.2, 0) is 10.9 Å². The van der Waals surface area contributed by atoms with E-state index in [1.807, 2.05) is 13.0 Å². The third-order valence-corrected chi connectivity index (χ3v) is 3.64. The van der Waals surface area contributed by atoms with Crippen LogP contribution in [0.2, 0.25) is 0 Å². The van der Waals surface area contributed by atoms with Crippen molar-refractivity contribution < 1.29 is 17.9 Å². The van der Waals surface area contributed by atoms with Gasteiger partial charge in [0.05, 0.1) is 18.8 Å². The number of nitrogens with zero attached hydrogens (tertiary/aromatic N) is 3. The van der Waals surface area contributed by atoms with Crippen molar-refractivity contribution in [1.29, 1.82) is 0 Å². The van der Waals surface area contributed by atoms with Crippen LogP contribution in [0.25, 0.3) is 0 Å². The number of anilines is 3. The van der Waals surface area contributed by atoms with Crippen molar-refractivity contribution in [3.8, 4) is 0 Å². The predicted molar refractivity (Wildman–Crippen MR) is 84.5 cm³/mol. The number of benzene rings is 1. The number of alkyl halides is 3. The molecule has 0 amide bonds. The lowest BCUT2D eigenvalue weighted by atomic mass is 10.2. The number of rotatable bonds is 3. The summed E-state index contributed by atoms with van der Waals surface area (Å²) in [4.78, 5) is 10.8. The molecule has 1 aromatic heterocycles. The predicted octanol–water partition coefficient (Wildman–Crippen LogP) is 3.38. The minimum atomic E-state index is -4.35. The van der Waals surface area contributed by atoms with Crippen LogP contribution in [0.1, 0.15) is 11.3 Å². The second-order valence-corrected chi connectivity index (χ2v) is 5.49. The van der Waals surface area contributed by atoms with Gasteiger partial charge in [0.1, 0.15) is 5.82 Å². The smallest absolute Gasteiger partial charge is 0.378 e. The van der Waals surface area contributed by atoms with Gasteiger partial charge in [-0.3, -0.25) is 0 Å². The van der Waals surface area contributed by atoms with Gasteiger partial charge in [-0.05, 0) is 31.2 Å². The molecule has 3 rings (SSSR count). The maximum absolute atomic E-state index is 12.6. The molecule has 1 saturated heterocycles. The Kier molecular flexibility index (Phi) is 4.57. The highest BCUT2D eigenvalue weighted by Gasteiger charge is 2.29. The lowest BCUT2D eigenvalue weighted by Crippen LogP contribution is -2.36. The molecule has 0 bridgehead atoms. The molecule has 0 saturated carbocycles. The summed E-state index contributed by atoms with van der Waals surface area (Å²) in [6.07, 6.45) is -4.35. The molecule has 8 heteroatoms. The molecule has 5 nitrogen and oxygen atoms in total. The average molecular weight is 338 g/mol. The number of hydrogen-bond donors (Lipinski definition) is 1. The van der Waals surface area contributed by atoms with Crippen molar-refractivity contribution in [2.24, 2.45) is 0 Å². The van der Waals surface area contributed by atoms with Gasteiger partial charge in [-0.1, -0.05) is 0 Å². The molecule has 1 fully saturated rings. The van der Waals surface area contributed by atoms with Crippen LogP contribution < -0.4 is 10.2 Å². The topological polar surface area (TPSA) is 50.3 Å². The van der Waals surface area contributed by atoms with E-state index >= 15 is 0 Å². The molecule has 2 heterocycles. The normalized spacial score (nSPS) is 15.4. The Bertz CT molecular complexity index is 697. The van der Waals surface area contributed by atoms with Gasteiger partial charge in [0, 0.05) is 30.5 Å². The van der Waals surface area contributed by atoms with Crippen molar-refractivity contribution >= 4 is 17.5 Å². The van der Waals surface area contributed by atoms with Gasteiger partial charge in [-0.15, -0.1) is 0 Å². The molecule has 24 heavy (non-hydrogen) atoms. The fourth-order valence-electron chi connectivity index (χ4n) is 2.43. The Balaban J connectivity index is 1.78. The molecule has 128 valence electrons. The summed E-state index contributed by atoms with van der Waals surface area (Å²) < 4.78 is 43.1. The third-order valence-electron chi connectivity index (χ3n) is 3.64. The molecule has 0 atom stereocenters. The number of aromatic nitrogens is 2. The Hall–Kier alpha value is -2.35. The fourth-order valence-corrected chi connectivity index (χ4v) is 2.43. The van der Waals surface area contributed by atoms with E-state index in [4.69, 9.17) is 4.74 Å². The van der Waals surface area contributed by atoms with Crippen molar-refractivity contribution in [2.45, 2.75) is 13.1 Å². The summed E-state index contributed by atoms with van der Waals surface area (Å²) in [7, 11) is 0. The zero-order valence-corrected chi connectivity index (χ0v) is 13.1. The van der Waals surface area contributed by atoms with Crippen LogP contribution in [0.3, 0.4) is 0 Å². The van der Waals surface area contributed by atoms with E-state index in [0.29, 0.717) is 24.8 Å². The molecule has 0 aliphatic carbocycles. The van der Waals surface area contributed by atoms with Gasteiger partial charge in [0.15, 0.2) is 0 Å². The van der Waals surface area contributed by atoms with Crippen LogP contribution in [0, 0.1) is 6.92 Å². The van der Waals surface area contributed by atoms with Crippen LogP contribution in [0.4, 0.5) is 30.6 Å². The molecule has 0 unspecified atom stereocenters. The minimum Gasteiger partial charge on any atom is -0.378 e. The highest BCUT2D eigenvalue weighted by Crippen LogP contribution is 2.30. The fraction of sp³-hybridized carbons (Fsp3) is 0.375. The zero-order valence-electron chi connectivity index (χ0n) is 13.1. The second-order valence-electron chi connectivity index (χ2n) is 5.49. The van der Waals surface area contributed by atoms with E-state index in [1.54, 1.807) is 0 Å². The first-order valence-electron chi connectivity index (χ1n) is 7.54. The van der Waals surface area contributed by atoms with Gasteiger partial charge in [-0.2, -0.15) is 18.2 Å². The Morgan fingerprint density at radius 1 is 1.08 bits per heavy atom. The monoisotopic (exact) mass is 338 g/mol. The molecule has 1 aliphatic rings. The Labute approximate surface area is 137 Å². The van der Waals surface area contributed by atoms with Crippen LogP contribution in [0.15, 0.2) is 30.3 Å². The standard InChI is InChI=1S/C16H17F3N4O/c1-11-10-14(23-6-8-24-9-7-23)22-15(20-11)21-13-4-2-12(3-5-13)16(17,18)19/h2-5,10H,6-9H2,1H3,(H,20,21,22). The maximum Gasteiger partial charge on any atom is 0.416 e. The largest absolute Gasteiger partial charge is 0.416 e. The number of morpholine rings is 1. The van der Waals surface area contributed by atoms with Crippen molar-refractivity contribution in [3.63, 3.8) is 0 Å². The van der Waals surface area contributed by atoms with Gasteiger partial charge >= 0.3 is 6.18 Å². The second kappa shape index (κ2) is 6.64. The lowest BCUT2D eigenvalue weighted by molar-refractivity contribution is -0.137. The number of aryl methyl sites for hydroxylation is 1. The van der Waals surface area contributed by atoms with Crippen LogP contribution in [-0.4, -0.2) is 36.3 Å². The highest BCUT2D eigenvalue weighted by atomic mass is 19.4. The van der Waals surface area contributed by atoms with E-state index in [-0.39, 0.29) is 0 Å². The van der Waals surface area contributed by atoms with Crippen molar-refractivity contribution in [1.82, 2.24) is 9.97 Å². The summed E-state index contributed by atoms with van der Waals surface area (Å²) in [6.45, 7) is 4.63. The van der Waals surface area contributed by atoms with Gasteiger partial charge in [0.25, 0.3) is 0 Å². The van der Waals surface area contributed by atoms with Gasteiger partial charge in [-0.25, -0.2) is 4.98 Å². The quantitative estimate of drug-likeness (QED) is 0.930. The average Bonchev–Trinajstić information content (AvgIpc) is 2.55. The van der Waals surface area contributed by atoms with E-state index in [0.717, 1.165) is 36.7 Å².